The van der Waals surface area contributed by atoms with Crippen LogP contribution in [0.15, 0.2) is 66.0 Å². The second kappa shape index (κ2) is 11.0. The first-order valence-corrected chi connectivity index (χ1v) is 12.4. The lowest BCUT2D eigenvalue weighted by atomic mass is 10.2. The van der Waals surface area contributed by atoms with Crippen molar-refractivity contribution in [3.05, 3.63) is 66.4 Å². The summed E-state index contributed by atoms with van der Waals surface area (Å²) in [6.45, 7) is 5.98. The standard InChI is InChI=1S/C25H28N6O2S/c1-17(2)15-27-22-20-16-28-31(23(20)30-25(29-22)34-3)14-13-26-24(32)19-11-7-8-12-21(19)33-18-9-5-4-6-10-18/h4-12,16-17H,13-15H2,1-3H3,(H,26,32)(H,27,29,30). The van der Waals surface area contributed by atoms with Crippen LogP contribution in [0.2, 0.25) is 0 Å². The summed E-state index contributed by atoms with van der Waals surface area (Å²) in [5, 5.41) is 12.4. The monoisotopic (exact) mass is 476 g/mol. The number of nitrogens with zero attached hydrogens (tertiary/aromatic N) is 4. The molecule has 176 valence electrons. The Hall–Kier alpha value is -3.59. The number of rotatable bonds is 10. The molecule has 0 fully saturated rings. The third-order valence-electron chi connectivity index (χ3n) is 5.05. The zero-order chi connectivity index (χ0) is 23.9. The molecule has 0 aliphatic heterocycles. The Morgan fingerprint density at radius 1 is 1.09 bits per heavy atom. The number of carbonyl (C=O) groups is 1. The first-order chi connectivity index (χ1) is 16.5. The molecule has 34 heavy (non-hydrogen) atoms. The Bertz CT molecular complexity index is 1260. The molecule has 2 aromatic carbocycles. The molecule has 2 heterocycles. The number of fused-ring (bicyclic) bond motifs is 1. The van der Waals surface area contributed by atoms with E-state index < -0.39 is 0 Å². The van der Waals surface area contributed by atoms with Gasteiger partial charge in [-0.25, -0.2) is 14.6 Å². The van der Waals surface area contributed by atoms with Gasteiger partial charge in [-0.15, -0.1) is 0 Å². The lowest BCUT2D eigenvalue weighted by molar-refractivity contribution is 0.0949. The van der Waals surface area contributed by atoms with Gasteiger partial charge in [0.15, 0.2) is 10.8 Å². The molecule has 2 aromatic heterocycles. The molecule has 4 rings (SSSR count). The van der Waals surface area contributed by atoms with Gasteiger partial charge in [-0.2, -0.15) is 5.10 Å². The van der Waals surface area contributed by atoms with Gasteiger partial charge in [0.2, 0.25) is 0 Å². The van der Waals surface area contributed by atoms with Crippen molar-refractivity contribution in [3.63, 3.8) is 0 Å². The van der Waals surface area contributed by atoms with Crippen LogP contribution in [0.25, 0.3) is 11.0 Å². The van der Waals surface area contributed by atoms with Crippen molar-refractivity contribution < 1.29 is 9.53 Å². The summed E-state index contributed by atoms with van der Waals surface area (Å²) in [4.78, 5) is 22.1. The Morgan fingerprint density at radius 2 is 1.85 bits per heavy atom. The Morgan fingerprint density at radius 3 is 2.62 bits per heavy atom. The summed E-state index contributed by atoms with van der Waals surface area (Å²) >= 11 is 1.49. The van der Waals surface area contributed by atoms with Crippen molar-refractivity contribution in [3.8, 4) is 11.5 Å². The molecule has 8 nitrogen and oxygen atoms in total. The number of thioether (sulfide) groups is 1. The lowest BCUT2D eigenvalue weighted by Crippen LogP contribution is -2.27. The smallest absolute Gasteiger partial charge is 0.255 e. The van der Waals surface area contributed by atoms with Gasteiger partial charge in [-0.1, -0.05) is 55.9 Å². The minimum absolute atomic E-state index is 0.207. The second-order valence-electron chi connectivity index (χ2n) is 8.11. The maximum Gasteiger partial charge on any atom is 0.255 e. The maximum atomic E-state index is 12.9. The number of carbonyl (C=O) groups excluding carboxylic acids is 1. The lowest BCUT2D eigenvalue weighted by Gasteiger charge is -2.12. The Kier molecular flexibility index (Phi) is 7.64. The summed E-state index contributed by atoms with van der Waals surface area (Å²) in [5.74, 6) is 2.25. The van der Waals surface area contributed by atoms with Crippen LogP contribution in [-0.4, -0.2) is 45.0 Å². The quantitative estimate of drug-likeness (QED) is 0.250. The van der Waals surface area contributed by atoms with Gasteiger partial charge in [0.25, 0.3) is 5.91 Å². The van der Waals surface area contributed by atoms with Crippen molar-refractivity contribution >= 4 is 34.5 Å². The van der Waals surface area contributed by atoms with E-state index in [0.29, 0.717) is 41.2 Å². The number of aromatic nitrogens is 4. The van der Waals surface area contributed by atoms with Crippen molar-refractivity contribution in [1.29, 1.82) is 0 Å². The van der Waals surface area contributed by atoms with E-state index >= 15 is 0 Å². The topological polar surface area (TPSA) is 94.0 Å². The van der Waals surface area contributed by atoms with E-state index in [1.165, 1.54) is 11.8 Å². The fourth-order valence-corrected chi connectivity index (χ4v) is 3.72. The molecule has 1 amide bonds. The summed E-state index contributed by atoms with van der Waals surface area (Å²) in [5.41, 5.74) is 1.22. The van der Waals surface area contributed by atoms with E-state index in [-0.39, 0.29) is 5.91 Å². The minimum atomic E-state index is -0.207. The normalized spacial score (nSPS) is 11.1. The number of benzene rings is 2. The van der Waals surface area contributed by atoms with E-state index in [1.807, 2.05) is 48.7 Å². The molecular formula is C25H28N6O2S. The van der Waals surface area contributed by atoms with Gasteiger partial charge in [-0.3, -0.25) is 4.79 Å². The predicted molar refractivity (Wildman–Crippen MR) is 136 cm³/mol. The van der Waals surface area contributed by atoms with Gasteiger partial charge < -0.3 is 15.4 Å². The average Bonchev–Trinajstić information content (AvgIpc) is 3.26. The molecule has 0 saturated heterocycles. The number of amides is 1. The summed E-state index contributed by atoms with van der Waals surface area (Å²) < 4.78 is 7.71. The van der Waals surface area contributed by atoms with Crippen molar-refractivity contribution in [1.82, 2.24) is 25.1 Å². The number of ether oxygens (including phenoxy) is 1. The van der Waals surface area contributed by atoms with Gasteiger partial charge in [0.1, 0.15) is 17.3 Å². The van der Waals surface area contributed by atoms with Gasteiger partial charge in [0.05, 0.1) is 23.7 Å². The fraction of sp³-hybridized carbons (Fsp3) is 0.280. The first kappa shape index (κ1) is 23.6. The average molecular weight is 477 g/mol. The van der Waals surface area contributed by atoms with E-state index in [4.69, 9.17) is 4.74 Å². The Balaban J connectivity index is 1.45. The molecule has 2 N–H and O–H groups in total. The highest BCUT2D eigenvalue weighted by Gasteiger charge is 2.15. The second-order valence-corrected chi connectivity index (χ2v) is 8.88. The molecule has 0 aliphatic carbocycles. The van der Waals surface area contributed by atoms with Crippen LogP contribution >= 0.6 is 11.8 Å². The van der Waals surface area contributed by atoms with Crippen molar-refractivity contribution in [2.75, 3.05) is 24.7 Å². The van der Waals surface area contributed by atoms with Gasteiger partial charge in [-0.05, 0) is 36.4 Å². The largest absolute Gasteiger partial charge is 0.457 e. The van der Waals surface area contributed by atoms with Crippen LogP contribution in [-0.2, 0) is 6.54 Å². The van der Waals surface area contributed by atoms with E-state index in [9.17, 15) is 4.79 Å². The highest BCUT2D eigenvalue weighted by Crippen LogP contribution is 2.25. The molecule has 0 saturated carbocycles. The molecule has 0 aliphatic rings. The van der Waals surface area contributed by atoms with Crippen LogP contribution in [0.5, 0.6) is 11.5 Å². The molecular weight excluding hydrogens is 448 g/mol. The highest BCUT2D eigenvalue weighted by molar-refractivity contribution is 7.98. The summed E-state index contributed by atoms with van der Waals surface area (Å²) in [6.07, 6.45) is 3.72. The third-order valence-corrected chi connectivity index (χ3v) is 5.60. The first-order valence-electron chi connectivity index (χ1n) is 11.2. The fourth-order valence-electron chi connectivity index (χ4n) is 3.36. The molecule has 0 unspecified atom stereocenters. The zero-order valence-corrected chi connectivity index (χ0v) is 20.3. The molecule has 4 aromatic rings. The van der Waals surface area contributed by atoms with Crippen LogP contribution in [0.1, 0.15) is 24.2 Å². The van der Waals surface area contributed by atoms with Crippen molar-refractivity contribution in [2.45, 2.75) is 25.5 Å². The van der Waals surface area contributed by atoms with Crippen LogP contribution in [0, 0.1) is 5.92 Å². The van der Waals surface area contributed by atoms with Crippen LogP contribution < -0.4 is 15.4 Å². The number of nitrogens with one attached hydrogen (secondary N) is 2. The number of hydrogen-bond donors (Lipinski definition) is 2. The van der Waals surface area contributed by atoms with E-state index in [0.717, 1.165) is 23.4 Å². The van der Waals surface area contributed by atoms with E-state index in [2.05, 4.69) is 39.5 Å². The predicted octanol–water partition coefficient (Wildman–Crippen LogP) is 4.84. The molecule has 0 bridgehead atoms. The summed E-state index contributed by atoms with van der Waals surface area (Å²) in [6, 6.07) is 16.6. The minimum Gasteiger partial charge on any atom is -0.457 e. The Labute approximate surface area is 203 Å². The SMILES string of the molecule is CSc1nc(NCC(C)C)c2cnn(CCNC(=O)c3ccccc3Oc3ccccc3)c2n1. The number of hydrogen-bond acceptors (Lipinski definition) is 7. The molecule has 0 atom stereocenters. The van der Waals surface area contributed by atoms with Gasteiger partial charge >= 0.3 is 0 Å². The van der Waals surface area contributed by atoms with Crippen molar-refractivity contribution in [2.24, 2.45) is 5.92 Å². The van der Waals surface area contributed by atoms with Crippen LogP contribution in [0.4, 0.5) is 5.82 Å². The maximum absolute atomic E-state index is 12.9. The summed E-state index contributed by atoms with van der Waals surface area (Å²) in [7, 11) is 0. The third kappa shape index (κ3) is 5.66. The number of anilines is 1. The van der Waals surface area contributed by atoms with E-state index in [1.54, 1.807) is 23.0 Å². The molecule has 9 heteroatoms. The molecule has 0 radical (unpaired) electrons. The number of para-hydroxylation sites is 2. The highest BCUT2D eigenvalue weighted by atomic mass is 32.2. The molecule has 0 spiro atoms. The van der Waals surface area contributed by atoms with Crippen LogP contribution in [0.3, 0.4) is 0 Å². The van der Waals surface area contributed by atoms with Gasteiger partial charge in [0, 0.05) is 13.1 Å². The zero-order valence-electron chi connectivity index (χ0n) is 19.5.